The van der Waals surface area contributed by atoms with Crippen LogP contribution in [0, 0.1) is 5.51 Å². The van der Waals surface area contributed by atoms with Crippen LogP contribution in [0.25, 0.3) is 9.66 Å². The monoisotopic (exact) mass is 204 g/mol. The Balaban J connectivity index is 0.000000405. The first-order chi connectivity index (χ1) is 3.97. The van der Waals surface area contributed by atoms with E-state index in [1.54, 1.807) is 16.8 Å². The van der Waals surface area contributed by atoms with Crippen LogP contribution in [0.4, 0.5) is 0 Å². The van der Waals surface area contributed by atoms with Gasteiger partial charge in [-0.25, -0.2) is 0 Å². The van der Waals surface area contributed by atoms with Crippen molar-refractivity contribution >= 4 is 32.3 Å². The molecular weight excluding hydrogens is 204 g/mol. The van der Waals surface area contributed by atoms with Crippen molar-refractivity contribution in [3.8, 4) is 0 Å². The van der Waals surface area contributed by atoms with Gasteiger partial charge in [0.05, 0.1) is 5.51 Å². The topological polar surface area (TPSA) is 25.8 Å². The standard InChI is InChI=1S/C4HN2S2.Cu/c1-5-3-4(7-1)8-2-6-3;/h1H;/q-1;+1. The summed E-state index contributed by atoms with van der Waals surface area (Å²) in [6.45, 7) is 0. The Morgan fingerprint density at radius 3 is 3.22 bits per heavy atom. The Morgan fingerprint density at radius 2 is 2.44 bits per heavy atom. The minimum absolute atomic E-state index is 0. The van der Waals surface area contributed by atoms with Crippen LogP contribution in [0.1, 0.15) is 0 Å². The van der Waals surface area contributed by atoms with Gasteiger partial charge in [0.2, 0.25) is 0 Å². The number of thiazole rings is 2. The fourth-order valence-corrected chi connectivity index (χ4v) is 1.77. The zero-order valence-corrected chi connectivity index (χ0v) is 6.66. The molecule has 0 aliphatic rings. The molecule has 2 aromatic heterocycles. The molecule has 0 atom stereocenters. The maximum Gasteiger partial charge on any atom is 1.00 e. The third-order valence-corrected chi connectivity index (χ3v) is 2.50. The Hall–Kier alpha value is 0.0395. The van der Waals surface area contributed by atoms with Gasteiger partial charge in [-0.15, -0.1) is 0 Å². The first kappa shape index (κ1) is 7.15. The van der Waals surface area contributed by atoms with Gasteiger partial charge in [-0.3, -0.25) is 11.3 Å². The van der Waals surface area contributed by atoms with Gasteiger partial charge in [-0.1, -0.05) is 0 Å². The van der Waals surface area contributed by atoms with Crippen LogP contribution in [0.15, 0.2) is 5.51 Å². The molecule has 0 saturated carbocycles. The third kappa shape index (κ3) is 1.14. The van der Waals surface area contributed by atoms with Crippen LogP contribution in [0.3, 0.4) is 0 Å². The second-order valence-electron chi connectivity index (χ2n) is 1.27. The van der Waals surface area contributed by atoms with E-state index >= 15 is 0 Å². The minimum Gasteiger partial charge on any atom is -0.366 e. The fraction of sp³-hybridized carbons (Fsp3) is 0. The first-order valence-corrected chi connectivity index (χ1v) is 3.72. The zero-order valence-electron chi connectivity index (χ0n) is 4.09. The molecule has 0 aliphatic carbocycles. The number of hydrogen-bond donors (Lipinski definition) is 0. The molecule has 0 radical (unpaired) electrons. The summed E-state index contributed by atoms with van der Waals surface area (Å²) in [4.78, 5) is 7.84. The second kappa shape index (κ2) is 2.75. The van der Waals surface area contributed by atoms with Gasteiger partial charge in [0.15, 0.2) is 0 Å². The molecule has 0 aromatic carbocycles. The molecule has 0 amide bonds. The molecule has 2 heterocycles. The second-order valence-corrected chi connectivity index (χ2v) is 3.18. The van der Waals surface area contributed by atoms with Crippen molar-refractivity contribution in [2.75, 3.05) is 0 Å². The molecular formula is C4HCuN2S2. The molecule has 0 unspecified atom stereocenters. The molecule has 0 aliphatic heterocycles. The van der Waals surface area contributed by atoms with Crippen LogP contribution >= 0.6 is 22.7 Å². The van der Waals surface area contributed by atoms with Gasteiger partial charge < -0.3 is 9.97 Å². The molecule has 9 heavy (non-hydrogen) atoms. The van der Waals surface area contributed by atoms with Crippen molar-refractivity contribution in [2.24, 2.45) is 0 Å². The Labute approximate surface area is 70.4 Å². The summed E-state index contributed by atoms with van der Waals surface area (Å²) in [6, 6.07) is 0. The van der Waals surface area contributed by atoms with E-state index in [9.17, 15) is 0 Å². The van der Waals surface area contributed by atoms with Gasteiger partial charge in [0.1, 0.15) is 0 Å². The predicted octanol–water partition coefficient (Wildman–Crippen LogP) is 1.55. The van der Waals surface area contributed by atoms with Crippen molar-refractivity contribution in [1.29, 1.82) is 0 Å². The normalized spacial score (nSPS) is 9.33. The molecule has 0 spiro atoms. The molecule has 0 saturated heterocycles. The van der Waals surface area contributed by atoms with Crippen LogP contribution in [0.5, 0.6) is 0 Å². The molecule has 50 valence electrons. The van der Waals surface area contributed by atoms with Crippen LogP contribution in [-0.2, 0) is 17.1 Å². The number of hydrogen-bond acceptors (Lipinski definition) is 4. The number of fused-ring (bicyclic) bond motifs is 1. The maximum atomic E-state index is 3.97. The minimum atomic E-state index is 0. The summed E-state index contributed by atoms with van der Waals surface area (Å²) in [7, 11) is 0. The molecule has 5 heteroatoms. The summed E-state index contributed by atoms with van der Waals surface area (Å²) in [6.07, 6.45) is 0. The quantitative estimate of drug-likeness (QED) is 0.481. The van der Waals surface area contributed by atoms with Gasteiger partial charge in [0, 0.05) is 5.65 Å². The molecule has 0 N–H and O–H groups in total. The predicted molar refractivity (Wildman–Crippen MR) is 34.1 cm³/mol. The van der Waals surface area contributed by atoms with Crippen molar-refractivity contribution in [1.82, 2.24) is 9.97 Å². The number of nitrogens with zero attached hydrogens (tertiary/aromatic N) is 2. The average Bonchev–Trinajstić information content (AvgIpc) is 2.15. The van der Waals surface area contributed by atoms with Crippen LogP contribution < -0.4 is 0 Å². The number of aromatic nitrogens is 2. The summed E-state index contributed by atoms with van der Waals surface area (Å²) in [5.41, 5.74) is 5.38. The first-order valence-electron chi connectivity index (χ1n) is 2.03. The SMILES string of the molecule is [Cu+].[c-]1nc2ncsc2s1. The van der Waals surface area contributed by atoms with E-state index in [4.69, 9.17) is 0 Å². The summed E-state index contributed by atoms with van der Waals surface area (Å²) >= 11 is 3.12. The fourth-order valence-electron chi connectivity index (χ4n) is 0.481. The van der Waals surface area contributed by atoms with Crippen molar-refractivity contribution in [3.63, 3.8) is 0 Å². The van der Waals surface area contributed by atoms with Crippen molar-refractivity contribution < 1.29 is 17.1 Å². The Bertz CT molecular complexity index is 238. The Kier molecular flexibility index (Phi) is 2.18. The van der Waals surface area contributed by atoms with Gasteiger partial charge in [-0.05, 0) is 9.52 Å². The average molecular weight is 205 g/mol. The summed E-state index contributed by atoms with van der Waals surface area (Å²) < 4.78 is 1.16. The maximum absolute atomic E-state index is 3.97. The van der Waals surface area contributed by atoms with E-state index in [1.807, 2.05) is 0 Å². The zero-order chi connectivity index (χ0) is 5.40. The van der Waals surface area contributed by atoms with Gasteiger partial charge in [-0.2, -0.15) is 11.3 Å². The Morgan fingerprint density at radius 1 is 1.56 bits per heavy atom. The summed E-state index contributed by atoms with van der Waals surface area (Å²) in [5.74, 6) is 0. The van der Waals surface area contributed by atoms with Crippen LogP contribution in [0.2, 0.25) is 0 Å². The van der Waals surface area contributed by atoms with E-state index in [0.717, 1.165) is 9.66 Å². The molecule has 2 nitrogen and oxygen atoms in total. The largest absolute Gasteiger partial charge is 1.00 e. The molecule has 0 fully saturated rings. The van der Waals surface area contributed by atoms with Crippen molar-refractivity contribution in [2.45, 2.75) is 0 Å². The number of rotatable bonds is 0. The molecule has 2 rings (SSSR count). The van der Waals surface area contributed by atoms with E-state index in [-0.39, 0.29) is 17.1 Å². The van der Waals surface area contributed by atoms with E-state index in [2.05, 4.69) is 15.5 Å². The van der Waals surface area contributed by atoms with E-state index < -0.39 is 0 Å². The van der Waals surface area contributed by atoms with Gasteiger partial charge >= 0.3 is 17.1 Å². The molecule has 0 bridgehead atoms. The smallest absolute Gasteiger partial charge is 0.366 e. The van der Waals surface area contributed by atoms with Gasteiger partial charge in [0.25, 0.3) is 0 Å². The molecule has 2 aromatic rings. The summed E-state index contributed by atoms with van der Waals surface area (Å²) in [5, 5.41) is 0. The van der Waals surface area contributed by atoms with E-state index in [1.165, 1.54) is 11.3 Å². The van der Waals surface area contributed by atoms with E-state index in [0.29, 0.717) is 0 Å². The van der Waals surface area contributed by atoms with Crippen molar-refractivity contribution in [3.05, 3.63) is 11.0 Å². The third-order valence-electron chi connectivity index (χ3n) is 0.807. The van der Waals surface area contributed by atoms with Crippen LogP contribution in [-0.4, -0.2) is 9.97 Å².